The van der Waals surface area contributed by atoms with Crippen molar-refractivity contribution in [1.82, 2.24) is 4.90 Å². The van der Waals surface area contributed by atoms with Crippen LogP contribution in [0.2, 0.25) is 0 Å². The number of benzene rings is 1. The van der Waals surface area contributed by atoms with E-state index in [1.165, 1.54) is 42.9 Å². The van der Waals surface area contributed by atoms with E-state index in [4.69, 9.17) is 5.73 Å². The number of nitrogens with zero attached hydrogens (tertiary/aromatic N) is 2. The van der Waals surface area contributed by atoms with Crippen molar-refractivity contribution < 1.29 is 0 Å². The first-order valence-electron chi connectivity index (χ1n) is 7.01. The van der Waals surface area contributed by atoms with Gasteiger partial charge in [-0.15, -0.1) is 0 Å². The van der Waals surface area contributed by atoms with E-state index >= 15 is 0 Å². The van der Waals surface area contributed by atoms with Crippen LogP contribution in [0.4, 0.5) is 5.69 Å². The highest BCUT2D eigenvalue weighted by molar-refractivity contribution is 5.51. The number of anilines is 1. The molecule has 1 aromatic carbocycles. The minimum absolute atomic E-state index is 0.635. The maximum Gasteiger partial charge on any atom is 0.0369 e. The van der Waals surface area contributed by atoms with Gasteiger partial charge in [0.15, 0.2) is 0 Å². The topological polar surface area (TPSA) is 32.5 Å². The van der Waals surface area contributed by atoms with Crippen LogP contribution in [0.1, 0.15) is 24.5 Å². The lowest BCUT2D eigenvalue weighted by Crippen LogP contribution is -2.46. The standard InChI is InChI=1S/C15H25N3/c1-3-6-17-7-9-18(10-8-17)15-5-4-14(12-16)13(2)11-15/h4-5,11H,3,6-10,12,16H2,1-2H3. The van der Waals surface area contributed by atoms with Gasteiger partial charge >= 0.3 is 0 Å². The molecule has 0 amide bonds. The molecule has 1 aromatic rings. The van der Waals surface area contributed by atoms with E-state index < -0.39 is 0 Å². The van der Waals surface area contributed by atoms with Crippen LogP contribution < -0.4 is 10.6 Å². The molecule has 0 aromatic heterocycles. The predicted molar refractivity (Wildman–Crippen MR) is 78.0 cm³/mol. The van der Waals surface area contributed by atoms with Gasteiger partial charge in [0.2, 0.25) is 0 Å². The van der Waals surface area contributed by atoms with Crippen LogP contribution in [0.3, 0.4) is 0 Å². The third-order valence-electron chi connectivity index (χ3n) is 3.82. The highest BCUT2D eigenvalue weighted by Crippen LogP contribution is 2.20. The number of hydrogen-bond donors (Lipinski definition) is 1. The number of nitrogens with two attached hydrogens (primary N) is 1. The van der Waals surface area contributed by atoms with Gasteiger partial charge in [0, 0.05) is 38.4 Å². The Hall–Kier alpha value is -1.06. The Bertz CT molecular complexity index is 381. The van der Waals surface area contributed by atoms with Gasteiger partial charge in [-0.25, -0.2) is 0 Å². The second-order valence-corrected chi connectivity index (χ2v) is 5.14. The molecule has 1 aliphatic rings. The quantitative estimate of drug-likeness (QED) is 0.883. The van der Waals surface area contributed by atoms with Crippen molar-refractivity contribution in [1.29, 1.82) is 0 Å². The minimum Gasteiger partial charge on any atom is -0.369 e. The number of rotatable bonds is 4. The van der Waals surface area contributed by atoms with Gasteiger partial charge in [-0.1, -0.05) is 13.0 Å². The number of aryl methyl sites for hydroxylation is 1. The van der Waals surface area contributed by atoms with Crippen LogP contribution in [0.5, 0.6) is 0 Å². The van der Waals surface area contributed by atoms with Crippen molar-refractivity contribution in [2.45, 2.75) is 26.8 Å². The molecular weight excluding hydrogens is 222 g/mol. The maximum absolute atomic E-state index is 5.71. The smallest absolute Gasteiger partial charge is 0.0369 e. The van der Waals surface area contributed by atoms with Crippen LogP contribution in [0.15, 0.2) is 18.2 Å². The molecule has 18 heavy (non-hydrogen) atoms. The summed E-state index contributed by atoms with van der Waals surface area (Å²) < 4.78 is 0. The largest absolute Gasteiger partial charge is 0.369 e. The molecule has 3 nitrogen and oxygen atoms in total. The summed E-state index contributed by atoms with van der Waals surface area (Å²) in [5.41, 5.74) is 9.62. The van der Waals surface area contributed by atoms with E-state index in [2.05, 4.69) is 41.8 Å². The Morgan fingerprint density at radius 3 is 2.44 bits per heavy atom. The molecule has 0 unspecified atom stereocenters. The Labute approximate surface area is 111 Å². The van der Waals surface area contributed by atoms with Gasteiger partial charge in [-0.2, -0.15) is 0 Å². The fraction of sp³-hybridized carbons (Fsp3) is 0.600. The molecular formula is C15H25N3. The first-order valence-corrected chi connectivity index (χ1v) is 7.01. The predicted octanol–water partition coefficient (Wildman–Crippen LogP) is 1.99. The molecule has 1 aliphatic heterocycles. The fourth-order valence-corrected chi connectivity index (χ4v) is 2.65. The SMILES string of the molecule is CCCN1CCN(c2ccc(CN)c(C)c2)CC1. The molecule has 0 aliphatic carbocycles. The summed E-state index contributed by atoms with van der Waals surface area (Å²) in [6, 6.07) is 6.66. The average molecular weight is 247 g/mol. The molecule has 3 heteroatoms. The Kier molecular flexibility index (Phi) is 4.61. The maximum atomic E-state index is 5.71. The number of piperazine rings is 1. The number of hydrogen-bond acceptors (Lipinski definition) is 3. The average Bonchev–Trinajstić information content (AvgIpc) is 2.40. The van der Waals surface area contributed by atoms with Crippen LogP contribution in [-0.2, 0) is 6.54 Å². The van der Waals surface area contributed by atoms with Gasteiger partial charge in [0.1, 0.15) is 0 Å². The summed E-state index contributed by atoms with van der Waals surface area (Å²) in [5, 5.41) is 0. The summed E-state index contributed by atoms with van der Waals surface area (Å²) >= 11 is 0. The zero-order valence-electron chi connectivity index (χ0n) is 11.7. The first-order chi connectivity index (χ1) is 8.74. The van der Waals surface area contributed by atoms with E-state index in [9.17, 15) is 0 Å². The molecule has 2 N–H and O–H groups in total. The van der Waals surface area contributed by atoms with Crippen LogP contribution in [0, 0.1) is 6.92 Å². The monoisotopic (exact) mass is 247 g/mol. The third kappa shape index (κ3) is 3.03. The zero-order chi connectivity index (χ0) is 13.0. The lowest BCUT2D eigenvalue weighted by molar-refractivity contribution is 0.258. The van der Waals surface area contributed by atoms with Crippen molar-refractivity contribution in [3.8, 4) is 0 Å². The van der Waals surface area contributed by atoms with E-state index in [1.54, 1.807) is 0 Å². The van der Waals surface area contributed by atoms with Crippen LogP contribution >= 0.6 is 0 Å². The van der Waals surface area contributed by atoms with E-state index in [0.717, 1.165) is 13.1 Å². The Balaban J connectivity index is 1.99. The van der Waals surface area contributed by atoms with Gasteiger partial charge in [0.05, 0.1) is 0 Å². The summed E-state index contributed by atoms with van der Waals surface area (Å²) in [7, 11) is 0. The highest BCUT2D eigenvalue weighted by Gasteiger charge is 2.16. The molecule has 0 radical (unpaired) electrons. The first kappa shape index (κ1) is 13.4. The van der Waals surface area contributed by atoms with Crippen molar-refractivity contribution in [3.63, 3.8) is 0 Å². The van der Waals surface area contributed by atoms with Crippen LogP contribution in [-0.4, -0.2) is 37.6 Å². The molecule has 1 saturated heterocycles. The van der Waals surface area contributed by atoms with Gasteiger partial charge in [-0.05, 0) is 43.1 Å². The fourth-order valence-electron chi connectivity index (χ4n) is 2.65. The van der Waals surface area contributed by atoms with Crippen LogP contribution in [0.25, 0.3) is 0 Å². The Morgan fingerprint density at radius 1 is 1.17 bits per heavy atom. The molecule has 1 fully saturated rings. The molecule has 0 bridgehead atoms. The van der Waals surface area contributed by atoms with Crippen molar-refractivity contribution in [2.75, 3.05) is 37.6 Å². The normalized spacial score (nSPS) is 17.2. The van der Waals surface area contributed by atoms with Crippen molar-refractivity contribution >= 4 is 5.69 Å². The van der Waals surface area contributed by atoms with E-state index in [0.29, 0.717) is 6.54 Å². The van der Waals surface area contributed by atoms with Crippen molar-refractivity contribution in [2.24, 2.45) is 5.73 Å². The third-order valence-corrected chi connectivity index (χ3v) is 3.82. The molecule has 1 heterocycles. The summed E-state index contributed by atoms with van der Waals surface area (Å²) in [5.74, 6) is 0. The molecule has 2 rings (SSSR count). The molecule has 0 saturated carbocycles. The molecule has 100 valence electrons. The van der Waals surface area contributed by atoms with Gasteiger partial charge in [0.25, 0.3) is 0 Å². The second kappa shape index (κ2) is 6.21. The van der Waals surface area contributed by atoms with Gasteiger partial charge in [-0.3, -0.25) is 4.90 Å². The highest BCUT2D eigenvalue weighted by atomic mass is 15.3. The Morgan fingerprint density at radius 2 is 1.89 bits per heavy atom. The lowest BCUT2D eigenvalue weighted by Gasteiger charge is -2.36. The summed E-state index contributed by atoms with van der Waals surface area (Å²) in [4.78, 5) is 5.04. The van der Waals surface area contributed by atoms with E-state index in [-0.39, 0.29) is 0 Å². The van der Waals surface area contributed by atoms with Crippen molar-refractivity contribution in [3.05, 3.63) is 29.3 Å². The lowest BCUT2D eigenvalue weighted by atomic mass is 10.1. The molecule has 0 spiro atoms. The summed E-state index contributed by atoms with van der Waals surface area (Å²) in [6.45, 7) is 10.9. The summed E-state index contributed by atoms with van der Waals surface area (Å²) in [6.07, 6.45) is 1.25. The van der Waals surface area contributed by atoms with Gasteiger partial charge < -0.3 is 10.6 Å². The minimum atomic E-state index is 0.635. The van der Waals surface area contributed by atoms with E-state index in [1.807, 2.05) is 0 Å². The zero-order valence-corrected chi connectivity index (χ0v) is 11.7. The molecule has 0 atom stereocenters. The second-order valence-electron chi connectivity index (χ2n) is 5.14.